The molecule has 0 radical (unpaired) electrons. The van der Waals surface area contributed by atoms with Gasteiger partial charge in [-0.25, -0.2) is 9.37 Å². The molecule has 1 amide bonds. The molecule has 1 aromatic heterocycles. The monoisotopic (exact) mass is 278 g/mol. The van der Waals surface area contributed by atoms with E-state index in [4.69, 9.17) is 0 Å². The lowest BCUT2D eigenvalue weighted by Crippen LogP contribution is -2.25. The number of amides is 1. The van der Waals surface area contributed by atoms with Gasteiger partial charge < -0.3 is 5.32 Å². The molecular weight excluding hydrogens is 263 g/mol. The van der Waals surface area contributed by atoms with Crippen molar-refractivity contribution in [2.45, 2.75) is 6.42 Å². The second kappa shape index (κ2) is 6.52. The number of thioether (sulfide) groups is 1. The fraction of sp³-hybridized carbons (Fsp3) is 0.286. The number of rotatable bonds is 5. The molecule has 1 N–H and O–H groups in total. The average Bonchev–Trinajstić information content (AvgIpc) is 2.43. The molecule has 0 saturated carbocycles. The average molecular weight is 278 g/mol. The highest BCUT2D eigenvalue weighted by molar-refractivity contribution is 7.98. The zero-order valence-corrected chi connectivity index (χ0v) is 11.5. The van der Waals surface area contributed by atoms with Gasteiger partial charge in [-0.1, -0.05) is 18.2 Å². The molecule has 0 bridgehead atoms. The lowest BCUT2D eigenvalue weighted by atomic mass is 10.2. The zero-order valence-electron chi connectivity index (χ0n) is 10.6. The van der Waals surface area contributed by atoms with Crippen LogP contribution in [-0.2, 0) is 0 Å². The van der Waals surface area contributed by atoms with E-state index in [1.54, 1.807) is 36.0 Å². The Balaban J connectivity index is 2.12. The van der Waals surface area contributed by atoms with Crippen LogP contribution in [0.2, 0.25) is 0 Å². The molecule has 1 aromatic carbocycles. The number of hydrogen-bond acceptors (Lipinski definition) is 3. The van der Waals surface area contributed by atoms with Crippen LogP contribution >= 0.6 is 11.8 Å². The summed E-state index contributed by atoms with van der Waals surface area (Å²) < 4.78 is 13.6. The quantitative estimate of drug-likeness (QED) is 0.855. The Morgan fingerprint density at radius 2 is 2.21 bits per heavy atom. The number of aromatic nitrogens is 1. The van der Waals surface area contributed by atoms with Gasteiger partial charge in [0.05, 0.1) is 0 Å². The Hall–Kier alpha value is -1.62. The number of nitrogens with one attached hydrogen (secondary N) is 1. The maximum Gasteiger partial charge on any atom is 0.269 e. The van der Waals surface area contributed by atoms with Crippen molar-refractivity contribution in [2.24, 2.45) is 0 Å². The van der Waals surface area contributed by atoms with Crippen LogP contribution in [0.1, 0.15) is 16.9 Å². The number of halogens is 1. The standard InChI is InChI=1S/C14H15FN2OS/c1-19-9-3-8-16-14(18)12-7-6-10-4-2-5-11(15)13(10)17-12/h2,4-7H,3,8-9H2,1H3,(H,16,18). The second-order valence-electron chi connectivity index (χ2n) is 4.11. The third-order valence-electron chi connectivity index (χ3n) is 2.71. The first-order valence-electron chi connectivity index (χ1n) is 6.05. The summed E-state index contributed by atoms with van der Waals surface area (Å²) in [4.78, 5) is 15.9. The Morgan fingerprint density at radius 3 is 3.00 bits per heavy atom. The first kappa shape index (κ1) is 13.8. The lowest BCUT2D eigenvalue weighted by molar-refractivity contribution is 0.0949. The maximum atomic E-state index is 13.6. The Morgan fingerprint density at radius 1 is 1.37 bits per heavy atom. The van der Waals surface area contributed by atoms with Crippen LogP contribution in [0.25, 0.3) is 10.9 Å². The fourth-order valence-electron chi connectivity index (χ4n) is 1.75. The predicted molar refractivity (Wildman–Crippen MR) is 77.0 cm³/mol. The van der Waals surface area contributed by atoms with Crippen molar-refractivity contribution in [3.8, 4) is 0 Å². The summed E-state index contributed by atoms with van der Waals surface area (Å²) in [6, 6.07) is 8.07. The summed E-state index contributed by atoms with van der Waals surface area (Å²) >= 11 is 1.74. The summed E-state index contributed by atoms with van der Waals surface area (Å²) in [5, 5.41) is 3.47. The molecule has 3 nitrogen and oxygen atoms in total. The van der Waals surface area contributed by atoms with E-state index >= 15 is 0 Å². The van der Waals surface area contributed by atoms with Crippen molar-refractivity contribution in [3.63, 3.8) is 0 Å². The molecule has 0 fully saturated rings. The number of benzene rings is 1. The number of carbonyl (C=O) groups excluding carboxylic acids is 1. The minimum atomic E-state index is -0.408. The highest BCUT2D eigenvalue weighted by Gasteiger charge is 2.09. The lowest BCUT2D eigenvalue weighted by Gasteiger charge is -2.05. The molecular formula is C14H15FN2OS. The Labute approximate surface area is 115 Å². The van der Waals surface area contributed by atoms with Gasteiger partial charge in [-0.3, -0.25) is 4.79 Å². The van der Waals surface area contributed by atoms with E-state index in [-0.39, 0.29) is 17.1 Å². The van der Waals surface area contributed by atoms with Crippen LogP contribution in [0, 0.1) is 5.82 Å². The molecule has 2 aromatic rings. The second-order valence-corrected chi connectivity index (χ2v) is 5.10. The Bertz CT molecular complexity index is 589. The summed E-state index contributed by atoms with van der Waals surface area (Å²) in [5.41, 5.74) is 0.487. The molecule has 0 atom stereocenters. The minimum Gasteiger partial charge on any atom is -0.351 e. The van der Waals surface area contributed by atoms with E-state index in [1.165, 1.54) is 6.07 Å². The molecule has 0 aliphatic rings. The molecule has 1 heterocycles. The number of hydrogen-bond donors (Lipinski definition) is 1. The number of nitrogens with zero attached hydrogens (tertiary/aromatic N) is 1. The van der Waals surface area contributed by atoms with Crippen molar-refractivity contribution < 1.29 is 9.18 Å². The van der Waals surface area contributed by atoms with E-state index in [2.05, 4.69) is 10.3 Å². The van der Waals surface area contributed by atoms with E-state index in [0.29, 0.717) is 11.9 Å². The van der Waals surface area contributed by atoms with Gasteiger partial charge in [-0.05, 0) is 30.6 Å². The van der Waals surface area contributed by atoms with Gasteiger partial charge in [0.15, 0.2) is 0 Å². The van der Waals surface area contributed by atoms with Crippen LogP contribution in [0.5, 0.6) is 0 Å². The minimum absolute atomic E-state index is 0.235. The molecule has 2 rings (SSSR count). The smallest absolute Gasteiger partial charge is 0.269 e. The molecule has 0 spiro atoms. The highest BCUT2D eigenvalue weighted by atomic mass is 32.2. The van der Waals surface area contributed by atoms with Gasteiger partial charge in [0.2, 0.25) is 0 Å². The number of para-hydroxylation sites is 1. The normalized spacial score (nSPS) is 10.6. The zero-order chi connectivity index (χ0) is 13.7. The van der Waals surface area contributed by atoms with Crippen LogP contribution in [0.4, 0.5) is 4.39 Å². The fourth-order valence-corrected chi connectivity index (χ4v) is 2.18. The summed E-state index contributed by atoms with van der Waals surface area (Å²) in [6.45, 7) is 0.608. The van der Waals surface area contributed by atoms with Crippen LogP contribution in [0.3, 0.4) is 0 Å². The summed E-state index contributed by atoms with van der Waals surface area (Å²) in [6.07, 6.45) is 2.93. The van der Waals surface area contributed by atoms with Gasteiger partial charge >= 0.3 is 0 Å². The SMILES string of the molecule is CSCCCNC(=O)c1ccc2cccc(F)c2n1. The van der Waals surface area contributed by atoms with Crippen molar-refractivity contribution in [1.82, 2.24) is 10.3 Å². The van der Waals surface area contributed by atoms with Crippen LogP contribution < -0.4 is 5.32 Å². The van der Waals surface area contributed by atoms with E-state index < -0.39 is 5.82 Å². The largest absolute Gasteiger partial charge is 0.351 e. The third-order valence-corrected chi connectivity index (χ3v) is 3.41. The van der Waals surface area contributed by atoms with Gasteiger partial charge in [0.25, 0.3) is 5.91 Å². The summed E-state index contributed by atoms with van der Waals surface area (Å²) in [7, 11) is 0. The molecule has 0 aliphatic carbocycles. The van der Waals surface area contributed by atoms with Crippen molar-refractivity contribution in [2.75, 3.05) is 18.6 Å². The molecule has 0 saturated heterocycles. The number of carbonyl (C=O) groups is 1. The van der Waals surface area contributed by atoms with Crippen LogP contribution in [-0.4, -0.2) is 29.4 Å². The first-order valence-corrected chi connectivity index (χ1v) is 7.44. The maximum absolute atomic E-state index is 13.6. The van der Waals surface area contributed by atoms with E-state index in [0.717, 1.165) is 12.2 Å². The van der Waals surface area contributed by atoms with Gasteiger partial charge in [-0.15, -0.1) is 0 Å². The first-order chi connectivity index (χ1) is 9.22. The third kappa shape index (κ3) is 3.44. The molecule has 19 heavy (non-hydrogen) atoms. The number of fused-ring (bicyclic) bond motifs is 1. The number of pyridine rings is 1. The van der Waals surface area contributed by atoms with Gasteiger partial charge in [0.1, 0.15) is 17.0 Å². The van der Waals surface area contributed by atoms with Crippen molar-refractivity contribution >= 4 is 28.6 Å². The predicted octanol–water partition coefficient (Wildman–Crippen LogP) is 2.86. The van der Waals surface area contributed by atoms with Gasteiger partial charge in [0, 0.05) is 11.9 Å². The van der Waals surface area contributed by atoms with Crippen LogP contribution in [0.15, 0.2) is 30.3 Å². The van der Waals surface area contributed by atoms with Gasteiger partial charge in [-0.2, -0.15) is 11.8 Å². The summed E-state index contributed by atoms with van der Waals surface area (Å²) in [5.74, 6) is 0.334. The van der Waals surface area contributed by atoms with E-state index in [9.17, 15) is 9.18 Å². The Kier molecular flexibility index (Phi) is 4.74. The molecule has 0 aliphatic heterocycles. The molecule has 100 valence electrons. The highest BCUT2D eigenvalue weighted by Crippen LogP contribution is 2.15. The van der Waals surface area contributed by atoms with Crippen molar-refractivity contribution in [1.29, 1.82) is 0 Å². The topological polar surface area (TPSA) is 42.0 Å². The molecule has 5 heteroatoms. The molecule has 0 unspecified atom stereocenters. The van der Waals surface area contributed by atoms with Crippen molar-refractivity contribution in [3.05, 3.63) is 41.8 Å². The van der Waals surface area contributed by atoms with E-state index in [1.807, 2.05) is 6.26 Å².